The summed E-state index contributed by atoms with van der Waals surface area (Å²) >= 11 is 5.90. The smallest absolute Gasteiger partial charge is 0.329 e. The van der Waals surface area contributed by atoms with Gasteiger partial charge in [-0.3, -0.25) is 14.3 Å². The van der Waals surface area contributed by atoms with Gasteiger partial charge in [0.25, 0.3) is 5.56 Å². The van der Waals surface area contributed by atoms with E-state index in [1.165, 1.54) is 4.57 Å². The van der Waals surface area contributed by atoms with Crippen LogP contribution in [0.2, 0.25) is 5.15 Å². The molecule has 1 aliphatic heterocycles. The second kappa shape index (κ2) is 5.51. The van der Waals surface area contributed by atoms with Crippen molar-refractivity contribution in [2.45, 2.75) is 39.7 Å². The molecule has 0 amide bonds. The van der Waals surface area contributed by atoms with Crippen LogP contribution in [0.4, 0.5) is 0 Å². The number of hydrogen-bond donors (Lipinski definition) is 1. The Bertz CT molecular complexity index is 570. The first-order valence-electron chi connectivity index (χ1n) is 6.56. The highest BCUT2D eigenvalue weighted by molar-refractivity contribution is 6.30. The summed E-state index contributed by atoms with van der Waals surface area (Å²) in [5, 5.41) is 0.158. The molecule has 0 aromatic carbocycles. The van der Waals surface area contributed by atoms with E-state index in [9.17, 15) is 9.59 Å². The lowest BCUT2D eigenvalue weighted by Gasteiger charge is -2.33. The molecule has 0 bridgehead atoms. The van der Waals surface area contributed by atoms with Gasteiger partial charge in [0.2, 0.25) is 0 Å². The number of nitrogens with zero attached hydrogens (tertiary/aromatic N) is 1. The zero-order valence-corrected chi connectivity index (χ0v) is 12.0. The van der Waals surface area contributed by atoms with Crippen LogP contribution >= 0.6 is 11.6 Å². The molecule has 0 radical (unpaired) electrons. The number of aromatic amines is 1. The van der Waals surface area contributed by atoms with E-state index in [-0.39, 0.29) is 16.1 Å². The molecule has 0 aliphatic carbocycles. The number of hydrogen-bond acceptors (Lipinski definition) is 3. The fourth-order valence-corrected chi connectivity index (χ4v) is 2.74. The number of nitrogens with one attached hydrogen (secondary N) is 1. The Labute approximate surface area is 116 Å². The highest BCUT2D eigenvalue weighted by Gasteiger charge is 2.29. The Balaban J connectivity index is 2.40. The molecule has 1 N–H and O–H groups in total. The van der Waals surface area contributed by atoms with Crippen molar-refractivity contribution in [3.63, 3.8) is 0 Å². The van der Waals surface area contributed by atoms with Crippen LogP contribution in [-0.2, 0) is 17.7 Å². The van der Waals surface area contributed by atoms with E-state index >= 15 is 0 Å². The van der Waals surface area contributed by atoms with Gasteiger partial charge in [-0.25, -0.2) is 4.79 Å². The van der Waals surface area contributed by atoms with Gasteiger partial charge in [-0.05, 0) is 24.7 Å². The molecule has 2 heterocycles. The summed E-state index contributed by atoms with van der Waals surface area (Å²) in [4.78, 5) is 26.8. The lowest BCUT2D eigenvalue weighted by molar-refractivity contribution is 0.0144. The number of ether oxygens (including phenoxy) is 1. The first-order chi connectivity index (χ1) is 8.97. The van der Waals surface area contributed by atoms with E-state index in [0.717, 1.165) is 12.8 Å². The summed E-state index contributed by atoms with van der Waals surface area (Å²) in [5.74, 6) is 0. The first-order valence-corrected chi connectivity index (χ1v) is 6.94. The molecule has 1 fully saturated rings. The molecular weight excluding hydrogens is 268 g/mol. The number of rotatable bonds is 3. The van der Waals surface area contributed by atoms with Crippen LogP contribution in [-0.4, -0.2) is 22.8 Å². The standard InChI is InChI=1S/C13H19ClN2O3/c1-3-9-10(14)15-12(18)16(11(9)17)8-13(2)4-6-19-7-5-13/h3-8H2,1-2H3,(H,15,18). The molecule has 1 aromatic heterocycles. The van der Waals surface area contributed by atoms with Gasteiger partial charge >= 0.3 is 5.69 Å². The Kier molecular flexibility index (Phi) is 4.16. The van der Waals surface area contributed by atoms with Gasteiger partial charge in [-0.15, -0.1) is 0 Å². The quantitative estimate of drug-likeness (QED) is 0.858. The largest absolute Gasteiger partial charge is 0.381 e. The van der Waals surface area contributed by atoms with Gasteiger partial charge in [0.05, 0.1) is 5.56 Å². The number of halogens is 1. The van der Waals surface area contributed by atoms with Crippen molar-refractivity contribution in [3.05, 3.63) is 31.6 Å². The molecule has 0 spiro atoms. The van der Waals surface area contributed by atoms with Gasteiger partial charge in [0.1, 0.15) is 5.15 Å². The van der Waals surface area contributed by atoms with Crippen LogP contribution < -0.4 is 11.2 Å². The second-order valence-electron chi connectivity index (χ2n) is 5.39. The lowest BCUT2D eigenvalue weighted by atomic mass is 9.82. The van der Waals surface area contributed by atoms with E-state index in [0.29, 0.717) is 31.7 Å². The van der Waals surface area contributed by atoms with Gasteiger partial charge in [0, 0.05) is 19.8 Å². The van der Waals surface area contributed by atoms with Crippen molar-refractivity contribution in [1.82, 2.24) is 9.55 Å². The van der Waals surface area contributed by atoms with Gasteiger partial charge in [0.15, 0.2) is 0 Å². The maximum absolute atomic E-state index is 12.3. The van der Waals surface area contributed by atoms with Crippen LogP contribution in [0.3, 0.4) is 0 Å². The van der Waals surface area contributed by atoms with E-state index in [1.807, 2.05) is 6.92 Å². The van der Waals surface area contributed by atoms with Crippen molar-refractivity contribution >= 4 is 11.6 Å². The van der Waals surface area contributed by atoms with E-state index < -0.39 is 5.69 Å². The SMILES string of the molecule is CCc1c(Cl)[nH]c(=O)n(CC2(C)CCOCC2)c1=O. The van der Waals surface area contributed by atoms with Crippen LogP contribution in [0.15, 0.2) is 9.59 Å². The summed E-state index contributed by atoms with van der Waals surface area (Å²) < 4.78 is 6.61. The Morgan fingerprint density at radius 2 is 2.00 bits per heavy atom. The fraction of sp³-hybridized carbons (Fsp3) is 0.692. The maximum atomic E-state index is 12.3. The lowest BCUT2D eigenvalue weighted by Crippen LogP contribution is -2.43. The van der Waals surface area contributed by atoms with Crippen molar-refractivity contribution in [1.29, 1.82) is 0 Å². The Morgan fingerprint density at radius 1 is 1.37 bits per heavy atom. The zero-order chi connectivity index (χ0) is 14.0. The molecule has 0 atom stereocenters. The van der Waals surface area contributed by atoms with Crippen molar-refractivity contribution in [2.75, 3.05) is 13.2 Å². The predicted molar refractivity (Wildman–Crippen MR) is 73.9 cm³/mol. The predicted octanol–water partition coefficient (Wildman–Crippen LogP) is 1.57. The molecule has 19 heavy (non-hydrogen) atoms. The summed E-state index contributed by atoms with van der Waals surface area (Å²) in [6.07, 6.45) is 2.21. The molecule has 106 valence electrons. The number of aromatic nitrogens is 2. The zero-order valence-electron chi connectivity index (χ0n) is 11.3. The van der Waals surface area contributed by atoms with Crippen molar-refractivity contribution in [3.8, 4) is 0 Å². The molecule has 6 heteroatoms. The van der Waals surface area contributed by atoms with E-state index in [1.54, 1.807) is 0 Å². The third-order valence-electron chi connectivity index (χ3n) is 3.82. The minimum Gasteiger partial charge on any atom is -0.381 e. The maximum Gasteiger partial charge on any atom is 0.329 e. The molecule has 2 rings (SSSR count). The molecule has 0 saturated carbocycles. The highest BCUT2D eigenvalue weighted by Crippen LogP contribution is 2.30. The van der Waals surface area contributed by atoms with Crippen LogP contribution in [0.5, 0.6) is 0 Å². The second-order valence-corrected chi connectivity index (χ2v) is 5.77. The van der Waals surface area contributed by atoms with Gasteiger partial charge in [-0.2, -0.15) is 0 Å². The third kappa shape index (κ3) is 2.92. The summed E-state index contributed by atoms with van der Waals surface area (Å²) in [6.45, 7) is 5.70. The van der Waals surface area contributed by atoms with Crippen LogP contribution in [0.25, 0.3) is 0 Å². The molecular formula is C13H19ClN2O3. The third-order valence-corrected chi connectivity index (χ3v) is 4.15. The minimum absolute atomic E-state index is 0.0755. The van der Waals surface area contributed by atoms with Crippen molar-refractivity contribution in [2.24, 2.45) is 5.41 Å². The minimum atomic E-state index is -0.431. The number of H-pyrrole nitrogens is 1. The molecule has 0 unspecified atom stereocenters. The Morgan fingerprint density at radius 3 is 2.58 bits per heavy atom. The average Bonchev–Trinajstić information content (AvgIpc) is 2.36. The summed E-state index contributed by atoms with van der Waals surface area (Å²) in [5.41, 5.74) is -0.311. The molecule has 5 nitrogen and oxygen atoms in total. The van der Waals surface area contributed by atoms with Gasteiger partial charge < -0.3 is 4.74 Å². The van der Waals surface area contributed by atoms with Crippen LogP contribution in [0, 0.1) is 5.41 Å². The van der Waals surface area contributed by atoms with Crippen molar-refractivity contribution < 1.29 is 4.74 Å². The normalized spacial score (nSPS) is 18.5. The fourth-order valence-electron chi connectivity index (χ4n) is 2.44. The first kappa shape index (κ1) is 14.3. The van der Waals surface area contributed by atoms with Gasteiger partial charge in [-0.1, -0.05) is 25.4 Å². The van der Waals surface area contributed by atoms with E-state index in [2.05, 4.69) is 11.9 Å². The summed E-state index contributed by atoms with van der Waals surface area (Å²) in [7, 11) is 0. The average molecular weight is 287 g/mol. The monoisotopic (exact) mass is 286 g/mol. The molecule has 1 saturated heterocycles. The summed E-state index contributed by atoms with van der Waals surface area (Å²) in [6, 6.07) is 0. The molecule has 1 aliphatic rings. The van der Waals surface area contributed by atoms with Crippen LogP contribution in [0.1, 0.15) is 32.3 Å². The Hall–Kier alpha value is -1.07. The van der Waals surface area contributed by atoms with E-state index in [4.69, 9.17) is 16.3 Å². The topological polar surface area (TPSA) is 64.1 Å². The highest BCUT2D eigenvalue weighted by atomic mass is 35.5. The molecule has 1 aromatic rings.